The van der Waals surface area contributed by atoms with Gasteiger partial charge in [-0.1, -0.05) is 13.3 Å². The van der Waals surface area contributed by atoms with Crippen LogP contribution in [-0.2, 0) is 9.53 Å². The number of rotatable bonds is 7. The number of amides is 1. The number of hydrogen-bond donors (Lipinski definition) is 2. The van der Waals surface area contributed by atoms with E-state index in [9.17, 15) is 4.79 Å². The van der Waals surface area contributed by atoms with Gasteiger partial charge in [0.1, 0.15) is 6.61 Å². The van der Waals surface area contributed by atoms with Gasteiger partial charge in [0.15, 0.2) is 0 Å². The molecule has 106 valence electrons. The zero-order valence-corrected chi connectivity index (χ0v) is 12.1. The lowest BCUT2D eigenvalue weighted by atomic mass is 9.77. The third-order valence-electron chi connectivity index (χ3n) is 3.55. The van der Waals surface area contributed by atoms with Crippen molar-refractivity contribution in [2.75, 3.05) is 26.2 Å². The van der Waals surface area contributed by atoms with E-state index < -0.39 is 0 Å². The smallest absolute Gasteiger partial charge is 0.246 e. The number of nitrogens with one attached hydrogen (secondary N) is 2. The fourth-order valence-electron chi connectivity index (χ4n) is 2.59. The summed E-state index contributed by atoms with van der Waals surface area (Å²) in [7, 11) is 0. The Morgan fingerprint density at radius 2 is 2.28 bits per heavy atom. The summed E-state index contributed by atoms with van der Waals surface area (Å²) in [5.41, 5.74) is 0.250. The second-order valence-electron chi connectivity index (χ2n) is 5.67. The topological polar surface area (TPSA) is 50.4 Å². The Hall–Kier alpha value is -0.610. The molecule has 2 N–H and O–H groups in total. The molecule has 1 aliphatic rings. The van der Waals surface area contributed by atoms with Crippen molar-refractivity contribution in [3.8, 4) is 0 Å². The second kappa shape index (κ2) is 7.74. The van der Waals surface area contributed by atoms with E-state index in [1.807, 2.05) is 13.8 Å². The minimum Gasteiger partial charge on any atom is -0.369 e. The monoisotopic (exact) mass is 256 g/mol. The molecule has 0 saturated carbocycles. The van der Waals surface area contributed by atoms with Gasteiger partial charge >= 0.3 is 0 Å². The lowest BCUT2D eigenvalue weighted by Crippen LogP contribution is -2.48. The molecule has 4 nitrogen and oxygen atoms in total. The fraction of sp³-hybridized carbons (Fsp3) is 0.929. The number of carbonyl (C=O) groups excluding carboxylic acids is 1. The number of ether oxygens (including phenoxy) is 1. The van der Waals surface area contributed by atoms with Crippen LogP contribution in [0.1, 0.15) is 46.5 Å². The standard InChI is InChI=1S/C14H28N2O2/c1-4-6-14(7-5-8-15-10-14)11-16-13(17)9-18-12(2)3/h12,15H,4-11H2,1-3H3,(H,16,17). The van der Waals surface area contributed by atoms with E-state index in [2.05, 4.69) is 17.6 Å². The molecule has 0 aliphatic carbocycles. The van der Waals surface area contributed by atoms with Crippen molar-refractivity contribution in [2.45, 2.75) is 52.6 Å². The predicted octanol–water partition coefficient (Wildman–Crippen LogP) is 1.70. The summed E-state index contributed by atoms with van der Waals surface area (Å²) in [5.74, 6) is 0.00440. The van der Waals surface area contributed by atoms with Crippen molar-refractivity contribution >= 4 is 5.91 Å². The van der Waals surface area contributed by atoms with Gasteiger partial charge in [-0.3, -0.25) is 4.79 Å². The molecule has 1 atom stereocenters. The quantitative estimate of drug-likeness (QED) is 0.729. The van der Waals surface area contributed by atoms with Crippen LogP contribution in [0.2, 0.25) is 0 Å². The molecule has 1 unspecified atom stereocenters. The zero-order chi connectivity index (χ0) is 13.4. The molecule has 1 amide bonds. The second-order valence-corrected chi connectivity index (χ2v) is 5.67. The molecule has 18 heavy (non-hydrogen) atoms. The van der Waals surface area contributed by atoms with Gasteiger partial charge in [-0.2, -0.15) is 0 Å². The Balaban J connectivity index is 2.34. The fourth-order valence-corrected chi connectivity index (χ4v) is 2.59. The van der Waals surface area contributed by atoms with Gasteiger partial charge in [-0.25, -0.2) is 0 Å². The molecule has 1 rings (SSSR count). The Kier molecular flexibility index (Phi) is 6.65. The molecule has 0 bridgehead atoms. The van der Waals surface area contributed by atoms with Gasteiger partial charge in [0, 0.05) is 18.5 Å². The highest BCUT2D eigenvalue weighted by atomic mass is 16.5. The number of piperidine rings is 1. The summed E-state index contributed by atoms with van der Waals surface area (Å²) in [5, 5.41) is 6.48. The highest BCUT2D eigenvalue weighted by Gasteiger charge is 2.31. The summed E-state index contributed by atoms with van der Waals surface area (Å²) >= 11 is 0. The van der Waals surface area contributed by atoms with Crippen molar-refractivity contribution in [3.63, 3.8) is 0 Å². The van der Waals surface area contributed by atoms with E-state index in [4.69, 9.17) is 4.74 Å². The molecule has 4 heteroatoms. The average Bonchev–Trinajstić information content (AvgIpc) is 2.35. The lowest BCUT2D eigenvalue weighted by Gasteiger charge is -2.37. The van der Waals surface area contributed by atoms with Gasteiger partial charge in [-0.15, -0.1) is 0 Å². The Bertz CT molecular complexity index is 243. The van der Waals surface area contributed by atoms with Crippen LogP contribution in [0.25, 0.3) is 0 Å². The molecular formula is C14H28N2O2. The number of carbonyl (C=O) groups is 1. The van der Waals surface area contributed by atoms with E-state index in [0.717, 1.165) is 19.6 Å². The van der Waals surface area contributed by atoms with Crippen molar-refractivity contribution < 1.29 is 9.53 Å². The first-order valence-electron chi connectivity index (χ1n) is 7.17. The maximum Gasteiger partial charge on any atom is 0.246 e. The van der Waals surface area contributed by atoms with Gasteiger partial charge in [0.25, 0.3) is 0 Å². The minimum atomic E-state index is 0.00440. The molecule has 1 aliphatic heterocycles. The van der Waals surface area contributed by atoms with Crippen molar-refractivity contribution in [3.05, 3.63) is 0 Å². The van der Waals surface area contributed by atoms with Gasteiger partial charge in [-0.05, 0) is 39.7 Å². The molecule has 1 fully saturated rings. The summed E-state index contributed by atoms with van der Waals surface area (Å²) < 4.78 is 5.31. The molecule has 0 aromatic rings. The van der Waals surface area contributed by atoms with Crippen LogP contribution in [0.4, 0.5) is 0 Å². The largest absolute Gasteiger partial charge is 0.369 e. The lowest BCUT2D eigenvalue weighted by molar-refractivity contribution is -0.127. The summed E-state index contributed by atoms with van der Waals surface area (Å²) in [6, 6.07) is 0. The summed E-state index contributed by atoms with van der Waals surface area (Å²) in [4.78, 5) is 11.7. The van der Waals surface area contributed by atoms with Crippen LogP contribution in [0, 0.1) is 5.41 Å². The van der Waals surface area contributed by atoms with E-state index >= 15 is 0 Å². The van der Waals surface area contributed by atoms with Crippen molar-refractivity contribution in [1.82, 2.24) is 10.6 Å². The van der Waals surface area contributed by atoms with Crippen LogP contribution in [-0.4, -0.2) is 38.3 Å². The predicted molar refractivity (Wildman–Crippen MR) is 73.5 cm³/mol. The molecule has 1 saturated heterocycles. The van der Waals surface area contributed by atoms with Gasteiger partial charge in [0.05, 0.1) is 6.10 Å². The van der Waals surface area contributed by atoms with Crippen LogP contribution in [0.15, 0.2) is 0 Å². The minimum absolute atomic E-state index is 0.00440. The molecule has 0 radical (unpaired) electrons. The molecule has 0 spiro atoms. The van der Waals surface area contributed by atoms with Gasteiger partial charge in [0.2, 0.25) is 5.91 Å². The van der Waals surface area contributed by atoms with Crippen LogP contribution < -0.4 is 10.6 Å². The summed E-state index contributed by atoms with van der Waals surface area (Å²) in [6.45, 7) is 9.16. The van der Waals surface area contributed by atoms with Crippen molar-refractivity contribution in [2.24, 2.45) is 5.41 Å². The summed E-state index contributed by atoms with van der Waals surface area (Å²) in [6.07, 6.45) is 4.86. The Morgan fingerprint density at radius 1 is 1.50 bits per heavy atom. The molecule has 1 heterocycles. The highest BCUT2D eigenvalue weighted by molar-refractivity contribution is 5.77. The van der Waals surface area contributed by atoms with Crippen LogP contribution in [0.3, 0.4) is 0 Å². The Labute approximate surface area is 111 Å². The number of hydrogen-bond acceptors (Lipinski definition) is 3. The first-order valence-corrected chi connectivity index (χ1v) is 7.17. The van der Waals surface area contributed by atoms with Gasteiger partial charge < -0.3 is 15.4 Å². The molecule has 0 aromatic heterocycles. The van der Waals surface area contributed by atoms with Crippen LogP contribution >= 0.6 is 0 Å². The maximum absolute atomic E-state index is 11.7. The Morgan fingerprint density at radius 3 is 2.83 bits per heavy atom. The van der Waals surface area contributed by atoms with E-state index in [1.54, 1.807) is 0 Å². The average molecular weight is 256 g/mol. The van der Waals surface area contributed by atoms with Crippen LogP contribution in [0.5, 0.6) is 0 Å². The first kappa shape index (κ1) is 15.4. The highest BCUT2D eigenvalue weighted by Crippen LogP contribution is 2.30. The maximum atomic E-state index is 11.7. The zero-order valence-electron chi connectivity index (χ0n) is 12.1. The SMILES string of the molecule is CCCC1(CNC(=O)COC(C)C)CCCNC1. The van der Waals surface area contributed by atoms with E-state index in [-0.39, 0.29) is 24.0 Å². The molecular weight excluding hydrogens is 228 g/mol. The van der Waals surface area contributed by atoms with Crippen molar-refractivity contribution in [1.29, 1.82) is 0 Å². The third kappa shape index (κ3) is 5.36. The van der Waals surface area contributed by atoms with E-state index in [1.165, 1.54) is 25.7 Å². The normalized spacial score (nSPS) is 24.2. The molecule has 0 aromatic carbocycles. The third-order valence-corrected chi connectivity index (χ3v) is 3.55. The first-order chi connectivity index (χ1) is 8.58. The van der Waals surface area contributed by atoms with E-state index in [0.29, 0.717) is 0 Å².